The predicted molar refractivity (Wildman–Crippen MR) is 414 cm³/mol. The van der Waals surface area contributed by atoms with Crippen molar-refractivity contribution in [1.82, 2.24) is 0 Å². The summed E-state index contributed by atoms with van der Waals surface area (Å²) >= 11 is 0. The van der Waals surface area contributed by atoms with Crippen LogP contribution < -0.4 is 0 Å². The lowest BCUT2D eigenvalue weighted by molar-refractivity contribution is -0.161. The summed E-state index contributed by atoms with van der Waals surface area (Å²) in [5.74, 6) is -1.31. The molecule has 0 aromatic rings. The van der Waals surface area contributed by atoms with Crippen LogP contribution in [0.25, 0.3) is 0 Å². The highest BCUT2D eigenvalue weighted by Crippen LogP contribution is 2.45. The zero-order valence-corrected chi connectivity index (χ0v) is 67.8. The average molecular weight is 1480 g/mol. The molecule has 0 aliphatic rings. The van der Waals surface area contributed by atoms with E-state index in [0.717, 1.165) is 95.8 Å². The van der Waals surface area contributed by atoms with Crippen LogP contribution >= 0.6 is 15.6 Å². The smallest absolute Gasteiger partial charge is 0.462 e. The van der Waals surface area contributed by atoms with Crippen LogP contribution in [0.3, 0.4) is 0 Å². The molecule has 17 nitrogen and oxygen atoms in total. The molecule has 600 valence electrons. The van der Waals surface area contributed by atoms with Crippen LogP contribution in [-0.2, 0) is 65.4 Å². The van der Waals surface area contributed by atoms with Gasteiger partial charge in [0.1, 0.15) is 19.3 Å². The van der Waals surface area contributed by atoms with Crippen LogP contribution in [0.2, 0.25) is 0 Å². The number of hydrogen-bond acceptors (Lipinski definition) is 15. The average Bonchev–Trinajstić information content (AvgIpc) is 0.923. The minimum Gasteiger partial charge on any atom is -0.462 e. The first kappa shape index (κ1) is 99.1. The zero-order chi connectivity index (χ0) is 74.1. The number of ether oxygens (including phenoxy) is 4. The Morgan fingerprint density at radius 2 is 0.455 bits per heavy atom. The molecule has 5 atom stereocenters. The number of rotatable bonds is 82. The number of phosphoric ester groups is 2. The molecule has 0 amide bonds. The van der Waals surface area contributed by atoms with Gasteiger partial charge in [-0.25, -0.2) is 9.13 Å². The number of carbonyl (C=O) groups excluding carboxylic acids is 4. The maximum absolute atomic E-state index is 13.1. The largest absolute Gasteiger partial charge is 0.472 e. The fourth-order valence-corrected chi connectivity index (χ4v) is 14.3. The molecule has 2 unspecified atom stereocenters. The number of phosphoric acid groups is 2. The van der Waals surface area contributed by atoms with Crippen molar-refractivity contribution in [2.45, 2.75) is 457 Å². The zero-order valence-electron chi connectivity index (χ0n) is 66.1. The highest BCUT2D eigenvalue weighted by molar-refractivity contribution is 7.47. The van der Waals surface area contributed by atoms with Gasteiger partial charge in [-0.1, -0.05) is 388 Å². The summed E-state index contributed by atoms with van der Waals surface area (Å²) in [6.07, 6.45) is 66.5. The molecule has 0 aliphatic carbocycles. The summed E-state index contributed by atoms with van der Waals surface area (Å²) < 4.78 is 68.7. The molecular weight excluding hydrogens is 1320 g/mol. The Balaban J connectivity index is 5.22. The van der Waals surface area contributed by atoms with Crippen molar-refractivity contribution in [1.29, 1.82) is 0 Å². The van der Waals surface area contributed by atoms with Gasteiger partial charge in [0, 0.05) is 25.7 Å². The fourth-order valence-electron chi connectivity index (χ4n) is 12.8. The van der Waals surface area contributed by atoms with Gasteiger partial charge >= 0.3 is 39.5 Å². The summed E-state index contributed by atoms with van der Waals surface area (Å²) in [5, 5.41) is 10.6. The minimum atomic E-state index is -4.96. The standard InChI is InChI=1S/C82H160O17P2/c1-6-9-12-15-18-21-24-26-27-28-29-30-31-32-33-37-43-48-53-58-63-68-82(87)99-78(72-93-80(85)66-61-56-51-46-41-38-34-36-40-44-49-54-59-64-75(4)5)74-97-101(90,91)95-70-76(83)69-94-100(88,89)96-73-77(71-92-79(84)65-60-55-50-45-39-23-20-17-14-11-8-3)98-81(86)67-62-57-52-47-42-35-25-22-19-16-13-10-7-2/h75-78,83H,6-74H2,1-5H3,(H,88,89)(H,90,91)/t76-,77+,78+/m0/s1. The second-order valence-electron chi connectivity index (χ2n) is 30.0. The summed E-state index contributed by atoms with van der Waals surface area (Å²) in [5.41, 5.74) is 0. The van der Waals surface area contributed by atoms with Gasteiger partial charge < -0.3 is 33.8 Å². The van der Waals surface area contributed by atoms with Gasteiger partial charge in [0.15, 0.2) is 12.2 Å². The van der Waals surface area contributed by atoms with Crippen LogP contribution in [0, 0.1) is 5.92 Å². The van der Waals surface area contributed by atoms with Gasteiger partial charge in [-0.15, -0.1) is 0 Å². The number of hydrogen-bond donors (Lipinski definition) is 3. The molecule has 0 rings (SSSR count). The number of aliphatic hydroxyl groups excluding tert-OH is 1. The van der Waals surface area contributed by atoms with Crippen molar-refractivity contribution in [3.05, 3.63) is 0 Å². The van der Waals surface area contributed by atoms with Crippen molar-refractivity contribution in [2.24, 2.45) is 5.92 Å². The maximum Gasteiger partial charge on any atom is 0.472 e. The van der Waals surface area contributed by atoms with Crippen molar-refractivity contribution < 1.29 is 80.2 Å². The molecule has 19 heteroatoms. The van der Waals surface area contributed by atoms with Gasteiger partial charge in [0.2, 0.25) is 0 Å². The van der Waals surface area contributed by atoms with Crippen molar-refractivity contribution in [3.8, 4) is 0 Å². The van der Waals surface area contributed by atoms with E-state index in [9.17, 15) is 43.2 Å². The third kappa shape index (κ3) is 76.1. The lowest BCUT2D eigenvalue weighted by Gasteiger charge is -2.21. The first-order valence-corrected chi connectivity index (χ1v) is 45.6. The van der Waals surface area contributed by atoms with E-state index in [1.54, 1.807) is 0 Å². The van der Waals surface area contributed by atoms with E-state index in [1.165, 1.54) is 263 Å². The summed E-state index contributed by atoms with van der Waals surface area (Å²) in [7, 11) is -9.92. The second-order valence-corrected chi connectivity index (χ2v) is 32.9. The number of carbonyl (C=O) groups is 4. The molecule has 0 fully saturated rings. The Labute approximate surface area is 619 Å². The molecule has 0 heterocycles. The highest BCUT2D eigenvalue weighted by Gasteiger charge is 2.30. The lowest BCUT2D eigenvalue weighted by atomic mass is 10.0. The predicted octanol–water partition coefficient (Wildman–Crippen LogP) is 24.8. The molecule has 3 N–H and O–H groups in total. The third-order valence-electron chi connectivity index (χ3n) is 19.3. The van der Waals surface area contributed by atoms with Gasteiger partial charge in [0.25, 0.3) is 0 Å². The van der Waals surface area contributed by atoms with Crippen molar-refractivity contribution in [3.63, 3.8) is 0 Å². The monoisotopic (exact) mass is 1480 g/mol. The van der Waals surface area contributed by atoms with Crippen LogP contribution in [-0.4, -0.2) is 96.7 Å². The fraction of sp³-hybridized carbons (Fsp3) is 0.951. The van der Waals surface area contributed by atoms with E-state index in [1.807, 2.05) is 0 Å². The third-order valence-corrected chi connectivity index (χ3v) is 21.2. The van der Waals surface area contributed by atoms with Gasteiger partial charge in [-0.2, -0.15) is 0 Å². The second kappa shape index (κ2) is 74.9. The summed E-state index contributed by atoms with van der Waals surface area (Å²) in [6, 6.07) is 0. The van der Waals surface area contributed by atoms with Gasteiger partial charge in [0.05, 0.1) is 26.4 Å². The summed E-state index contributed by atoms with van der Waals surface area (Å²) in [4.78, 5) is 73.0. The first-order valence-electron chi connectivity index (χ1n) is 42.6. The molecule has 0 saturated carbocycles. The minimum absolute atomic E-state index is 0.108. The van der Waals surface area contributed by atoms with E-state index >= 15 is 0 Å². The normalized spacial score (nSPS) is 13.8. The topological polar surface area (TPSA) is 237 Å². The van der Waals surface area contributed by atoms with Crippen molar-refractivity contribution in [2.75, 3.05) is 39.6 Å². The molecule has 101 heavy (non-hydrogen) atoms. The molecule has 0 saturated heterocycles. The first-order chi connectivity index (χ1) is 49.0. The maximum atomic E-state index is 13.1. The molecule has 0 bridgehead atoms. The molecule has 0 aromatic heterocycles. The van der Waals surface area contributed by atoms with Gasteiger partial charge in [-0.3, -0.25) is 37.3 Å². The Bertz CT molecular complexity index is 1930. The molecule has 0 aliphatic heterocycles. The van der Waals surface area contributed by atoms with Crippen LogP contribution in [0.15, 0.2) is 0 Å². The van der Waals surface area contributed by atoms with E-state index in [2.05, 4.69) is 34.6 Å². The van der Waals surface area contributed by atoms with E-state index in [4.69, 9.17) is 37.0 Å². The van der Waals surface area contributed by atoms with Gasteiger partial charge in [-0.05, 0) is 31.6 Å². The highest BCUT2D eigenvalue weighted by atomic mass is 31.2. The van der Waals surface area contributed by atoms with E-state index < -0.39 is 97.5 Å². The van der Waals surface area contributed by atoms with Crippen LogP contribution in [0.1, 0.15) is 439 Å². The summed E-state index contributed by atoms with van der Waals surface area (Å²) in [6.45, 7) is 7.35. The Morgan fingerprint density at radius 3 is 0.673 bits per heavy atom. The number of aliphatic hydroxyl groups is 1. The Hall–Kier alpha value is -1.94. The van der Waals surface area contributed by atoms with E-state index in [0.29, 0.717) is 25.7 Å². The molecule has 0 radical (unpaired) electrons. The molecular formula is C82H160O17P2. The number of unbranched alkanes of at least 4 members (excludes halogenated alkanes) is 54. The van der Waals surface area contributed by atoms with Crippen LogP contribution in [0.4, 0.5) is 0 Å². The van der Waals surface area contributed by atoms with Crippen LogP contribution in [0.5, 0.6) is 0 Å². The number of esters is 4. The van der Waals surface area contributed by atoms with E-state index in [-0.39, 0.29) is 25.7 Å². The Morgan fingerprint density at radius 1 is 0.267 bits per heavy atom. The quantitative estimate of drug-likeness (QED) is 0.0222. The lowest BCUT2D eigenvalue weighted by Crippen LogP contribution is -2.30. The molecule has 0 aromatic carbocycles. The molecule has 0 spiro atoms. The Kier molecular flexibility index (Phi) is 73.5. The van der Waals surface area contributed by atoms with Crippen molar-refractivity contribution >= 4 is 39.5 Å². The SMILES string of the molecule is CCCCCCCCCCCCCCCCCCCCCCCC(=O)O[C@H](COC(=O)CCCCCCCCCCCCCCCC(C)C)COP(=O)(O)OC[C@@H](O)COP(=O)(O)OC[C@@H](COC(=O)CCCCCCCCCCCCC)OC(=O)CCCCCCCCCCCCCCC.